The first kappa shape index (κ1) is 11.4. The van der Waals surface area contributed by atoms with Gasteiger partial charge >= 0.3 is 0 Å². The molecule has 0 saturated heterocycles. The lowest BCUT2D eigenvalue weighted by Crippen LogP contribution is -2.10. The first-order chi connectivity index (χ1) is 7.47. The molecular formula is C13H15BrN2. The third-order valence-corrected chi connectivity index (χ3v) is 2.98. The lowest BCUT2D eigenvalue weighted by atomic mass is 9.87. The molecule has 0 unspecified atom stereocenters. The zero-order valence-electron chi connectivity index (χ0n) is 9.74. The predicted molar refractivity (Wildman–Crippen MR) is 70.0 cm³/mol. The van der Waals surface area contributed by atoms with Crippen LogP contribution in [-0.4, -0.2) is 9.78 Å². The van der Waals surface area contributed by atoms with Gasteiger partial charge in [0.25, 0.3) is 0 Å². The summed E-state index contributed by atoms with van der Waals surface area (Å²) in [5.41, 5.74) is 2.62. The number of nitrogens with zero attached hydrogens (tertiary/aromatic N) is 2. The lowest BCUT2D eigenvalue weighted by molar-refractivity contribution is 0.590. The zero-order valence-corrected chi connectivity index (χ0v) is 11.3. The SMILES string of the molecule is CC(C)(C)c1ccc(-n2ccc(Br)n2)cc1. The molecule has 0 aliphatic rings. The van der Waals surface area contributed by atoms with Crippen molar-refractivity contribution in [2.24, 2.45) is 0 Å². The van der Waals surface area contributed by atoms with E-state index in [0.29, 0.717) is 0 Å². The molecule has 1 aromatic carbocycles. The summed E-state index contributed by atoms with van der Waals surface area (Å²) in [4.78, 5) is 0. The molecule has 2 aromatic rings. The number of benzene rings is 1. The number of halogens is 1. The van der Waals surface area contributed by atoms with Crippen molar-refractivity contribution in [2.45, 2.75) is 26.2 Å². The molecule has 0 bridgehead atoms. The topological polar surface area (TPSA) is 17.8 Å². The summed E-state index contributed by atoms with van der Waals surface area (Å²) in [7, 11) is 0. The smallest absolute Gasteiger partial charge is 0.128 e. The molecule has 0 saturated carbocycles. The van der Waals surface area contributed by atoms with E-state index in [1.807, 2.05) is 16.9 Å². The van der Waals surface area contributed by atoms with E-state index >= 15 is 0 Å². The third-order valence-electron chi connectivity index (χ3n) is 2.55. The van der Waals surface area contributed by atoms with Crippen LogP contribution in [-0.2, 0) is 5.41 Å². The largest absolute Gasteiger partial charge is 0.240 e. The Morgan fingerprint density at radius 2 is 1.69 bits per heavy atom. The maximum absolute atomic E-state index is 4.31. The van der Waals surface area contributed by atoms with Crippen molar-refractivity contribution in [2.75, 3.05) is 0 Å². The molecular weight excluding hydrogens is 264 g/mol. The van der Waals surface area contributed by atoms with Crippen LogP contribution in [0.2, 0.25) is 0 Å². The van der Waals surface area contributed by atoms with E-state index in [1.165, 1.54) is 5.56 Å². The quantitative estimate of drug-likeness (QED) is 0.773. The molecule has 84 valence electrons. The summed E-state index contributed by atoms with van der Waals surface area (Å²) in [6, 6.07) is 10.4. The van der Waals surface area contributed by atoms with E-state index < -0.39 is 0 Å². The molecule has 0 aliphatic carbocycles. The Hall–Kier alpha value is -1.09. The van der Waals surface area contributed by atoms with Gasteiger partial charge in [-0.25, -0.2) is 4.68 Å². The van der Waals surface area contributed by atoms with E-state index in [1.54, 1.807) is 0 Å². The fourth-order valence-corrected chi connectivity index (χ4v) is 1.85. The molecule has 0 N–H and O–H groups in total. The highest BCUT2D eigenvalue weighted by Crippen LogP contribution is 2.23. The van der Waals surface area contributed by atoms with Gasteiger partial charge in [0.05, 0.1) is 5.69 Å². The highest BCUT2D eigenvalue weighted by molar-refractivity contribution is 9.10. The number of rotatable bonds is 1. The predicted octanol–water partition coefficient (Wildman–Crippen LogP) is 3.93. The summed E-state index contributed by atoms with van der Waals surface area (Å²) >= 11 is 3.34. The maximum Gasteiger partial charge on any atom is 0.128 e. The standard InChI is InChI=1S/C13H15BrN2/c1-13(2,3)10-4-6-11(7-5-10)16-9-8-12(14)15-16/h4-9H,1-3H3. The van der Waals surface area contributed by atoms with E-state index in [4.69, 9.17) is 0 Å². The molecule has 1 aromatic heterocycles. The van der Waals surface area contributed by atoms with Crippen LogP contribution in [0, 0.1) is 0 Å². The van der Waals surface area contributed by atoms with Gasteiger partial charge < -0.3 is 0 Å². The highest BCUT2D eigenvalue weighted by atomic mass is 79.9. The molecule has 0 aliphatic heterocycles. The minimum absolute atomic E-state index is 0.198. The van der Waals surface area contributed by atoms with Gasteiger partial charge in [-0.1, -0.05) is 32.9 Å². The molecule has 0 radical (unpaired) electrons. The molecule has 2 nitrogen and oxygen atoms in total. The van der Waals surface area contributed by atoms with Crippen LogP contribution in [0.15, 0.2) is 41.1 Å². The molecule has 2 rings (SSSR count). The van der Waals surface area contributed by atoms with Gasteiger partial charge in [-0.15, -0.1) is 0 Å². The minimum Gasteiger partial charge on any atom is -0.240 e. The Bertz CT molecular complexity index is 477. The second kappa shape index (κ2) is 4.06. The van der Waals surface area contributed by atoms with Crippen molar-refractivity contribution >= 4 is 15.9 Å². The summed E-state index contributed by atoms with van der Waals surface area (Å²) in [6.07, 6.45) is 1.94. The molecule has 3 heteroatoms. The van der Waals surface area contributed by atoms with Crippen molar-refractivity contribution in [3.8, 4) is 5.69 Å². The Morgan fingerprint density at radius 1 is 1.06 bits per heavy atom. The number of hydrogen-bond donors (Lipinski definition) is 0. The van der Waals surface area contributed by atoms with Gasteiger partial charge in [-0.3, -0.25) is 0 Å². The van der Waals surface area contributed by atoms with Crippen LogP contribution in [0.1, 0.15) is 26.3 Å². The maximum atomic E-state index is 4.31. The second-order valence-electron chi connectivity index (χ2n) is 4.88. The van der Waals surface area contributed by atoms with Gasteiger partial charge in [0.1, 0.15) is 4.60 Å². The summed E-state index contributed by atoms with van der Waals surface area (Å²) in [6.45, 7) is 6.64. The first-order valence-corrected chi connectivity index (χ1v) is 6.08. The fourth-order valence-electron chi connectivity index (χ4n) is 1.56. The van der Waals surface area contributed by atoms with Crippen molar-refractivity contribution < 1.29 is 0 Å². The second-order valence-corrected chi connectivity index (χ2v) is 5.69. The van der Waals surface area contributed by atoms with E-state index in [0.717, 1.165) is 10.3 Å². The van der Waals surface area contributed by atoms with Gasteiger partial charge in [0, 0.05) is 6.20 Å². The molecule has 0 amide bonds. The van der Waals surface area contributed by atoms with Crippen LogP contribution >= 0.6 is 15.9 Å². The number of aromatic nitrogens is 2. The Labute approximate surface area is 104 Å². The zero-order chi connectivity index (χ0) is 11.8. The van der Waals surface area contributed by atoms with Crippen molar-refractivity contribution in [3.63, 3.8) is 0 Å². The van der Waals surface area contributed by atoms with Gasteiger partial charge in [-0.2, -0.15) is 5.10 Å². The summed E-state index contributed by atoms with van der Waals surface area (Å²) in [5.74, 6) is 0. The summed E-state index contributed by atoms with van der Waals surface area (Å²) in [5, 5.41) is 4.31. The molecule has 16 heavy (non-hydrogen) atoms. The van der Waals surface area contributed by atoms with Crippen molar-refractivity contribution in [1.29, 1.82) is 0 Å². The monoisotopic (exact) mass is 278 g/mol. The van der Waals surface area contributed by atoms with Crippen LogP contribution in [0.25, 0.3) is 5.69 Å². The summed E-state index contributed by atoms with van der Waals surface area (Å²) < 4.78 is 2.71. The van der Waals surface area contributed by atoms with Crippen LogP contribution in [0.3, 0.4) is 0 Å². The van der Waals surface area contributed by atoms with Crippen LogP contribution in [0.5, 0.6) is 0 Å². The van der Waals surface area contributed by atoms with Crippen molar-refractivity contribution in [3.05, 3.63) is 46.7 Å². The van der Waals surface area contributed by atoms with E-state index in [-0.39, 0.29) is 5.41 Å². The number of hydrogen-bond acceptors (Lipinski definition) is 1. The normalized spacial score (nSPS) is 11.8. The molecule has 1 heterocycles. The molecule has 0 spiro atoms. The first-order valence-electron chi connectivity index (χ1n) is 5.29. The highest BCUT2D eigenvalue weighted by Gasteiger charge is 2.13. The van der Waals surface area contributed by atoms with Gasteiger partial charge in [0.2, 0.25) is 0 Å². The fraction of sp³-hybridized carbons (Fsp3) is 0.308. The van der Waals surface area contributed by atoms with Crippen LogP contribution in [0.4, 0.5) is 0 Å². The Morgan fingerprint density at radius 3 is 2.12 bits per heavy atom. The van der Waals surface area contributed by atoms with Crippen LogP contribution < -0.4 is 0 Å². The third kappa shape index (κ3) is 2.35. The average Bonchev–Trinajstić information content (AvgIpc) is 2.64. The lowest BCUT2D eigenvalue weighted by Gasteiger charge is -2.19. The van der Waals surface area contributed by atoms with Crippen molar-refractivity contribution in [1.82, 2.24) is 9.78 Å². The Kier molecular flexibility index (Phi) is 2.89. The minimum atomic E-state index is 0.198. The van der Waals surface area contributed by atoms with Gasteiger partial charge in [-0.05, 0) is 45.1 Å². The Balaban J connectivity index is 2.33. The average molecular weight is 279 g/mol. The van der Waals surface area contributed by atoms with E-state index in [9.17, 15) is 0 Å². The molecule has 0 atom stereocenters. The van der Waals surface area contributed by atoms with Gasteiger partial charge in [0.15, 0.2) is 0 Å². The van der Waals surface area contributed by atoms with E-state index in [2.05, 4.69) is 66.1 Å². The molecule has 0 fully saturated rings.